The lowest BCUT2D eigenvalue weighted by molar-refractivity contribution is -0.122. The number of rotatable bonds is 2. The van der Waals surface area contributed by atoms with E-state index in [2.05, 4.69) is 31.2 Å². The smallest absolute Gasteiger partial charge is 0.238 e. The number of imide groups is 1. The molecule has 27 heavy (non-hydrogen) atoms. The summed E-state index contributed by atoms with van der Waals surface area (Å²) in [4.78, 5) is 27.5. The van der Waals surface area contributed by atoms with Crippen molar-refractivity contribution in [2.45, 2.75) is 6.92 Å². The summed E-state index contributed by atoms with van der Waals surface area (Å²) in [7, 11) is 0. The molecule has 5 rings (SSSR count). The van der Waals surface area contributed by atoms with Gasteiger partial charge in [0.2, 0.25) is 11.8 Å². The van der Waals surface area contributed by atoms with Crippen LogP contribution in [0.25, 0.3) is 5.57 Å². The van der Waals surface area contributed by atoms with Crippen molar-refractivity contribution in [2.24, 2.45) is 23.7 Å². The van der Waals surface area contributed by atoms with E-state index >= 15 is 0 Å². The Kier molecular flexibility index (Phi) is 3.44. The number of anilines is 1. The monoisotopic (exact) mass is 359 g/mol. The molecule has 2 bridgehead atoms. The van der Waals surface area contributed by atoms with Crippen molar-refractivity contribution in [1.82, 2.24) is 0 Å². The Morgan fingerprint density at radius 2 is 1.41 bits per heavy atom. The minimum absolute atomic E-state index is 0.0397. The van der Waals surface area contributed by atoms with Crippen LogP contribution in [0.15, 0.2) is 72.3 Å². The van der Waals surface area contributed by atoms with E-state index in [1.54, 1.807) is 0 Å². The van der Waals surface area contributed by atoms with Crippen LogP contribution in [0, 0.1) is 29.5 Å². The van der Waals surface area contributed by atoms with Gasteiger partial charge in [-0.25, -0.2) is 9.29 Å². The topological polar surface area (TPSA) is 37.4 Å². The second kappa shape index (κ2) is 5.74. The Morgan fingerprint density at radius 3 is 1.96 bits per heavy atom. The van der Waals surface area contributed by atoms with Crippen LogP contribution in [0.4, 0.5) is 10.1 Å². The fourth-order valence-electron chi connectivity index (χ4n) is 4.96. The first-order valence-corrected chi connectivity index (χ1v) is 9.15. The van der Waals surface area contributed by atoms with Crippen molar-refractivity contribution in [3.05, 3.63) is 83.7 Å². The fraction of sp³-hybridized carbons (Fsp3) is 0.217. The van der Waals surface area contributed by atoms with Gasteiger partial charge in [0, 0.05) is 11.8 Å². The van der Waals surface area contributed by atoms with E-state index in [1.807, 2.05) is 18.2 Å². The number of amides is 2. The molecule has 0 N–H and O–H groups in total. The molecule has 1 aliphatic heterocycles. The molecule has 3 nitrogen and oxygen atoms in total. The van der Waals surface area contributed by atoms with Crippen molar-refractivity contribution in [2.75, 3.05) is 4.90 Å². The van der Waals surface area contributed by atoms with E-state index in [9.17, 15) is 14.0 Å². The van der Waals surface area contributed by atoms with Gasteiger partial charge in [-0.15, -0.1) is 0 Å². The molecule has 2 aromatic rings. The molecule has 0 radical (unpaired) electrons. The Hall–Kier alpha value is -3.01. The van der Waals surface area contributed by atoms with E-state index in [-0.39, 0.29) is 41.3 Å². The maximum absolute atomic E-state index is 13.2. The molecule has 2 amide bonds. The zero-order valence-electron chi connectivity index (χ0n) is 14.8. The molecule has 2 aliphatic carbocycles. The molecule has 0 unspecified atom stereocenters. The molecule has 3 aliphatic rings. The van der Waals surface area contributed by atoms with Gasteiger partial charge in [0.05, 0.1) is 17.5 Å². The summed E-state index contributed by atoms with van der Waals surface area (Å²) in [6, 6.07) is 15.6. The SMILES string of the molecule is CC(=C1[C@H]2C=C[C@H]1[C@H]1C(=O)N(c3ccc(F)cc3)C(=O)[C@H]12)c1ccccc1. The predicted octanol–water partition coefficient (Wildman–Crippen LogP) is 4.22. The predicted molar refractivity (Wildman–Crippen MR) is 101 cm³/mol. The van der Waals surface area contributed by atoms with Crippen LogP contribution in [0.1, 0.15) is 12.5 Å². The Morgan fingerprint density at radius 1 is 0.852 bits per heavy atom. The van der Waals surface area contributed by atoms with E-state index in [0.29, 0.717) is 5.69 Å². The van der Waals surface area contributed by atoms with Gasteiger partial charge in [0.25, 0.3) is 0 Å². The van der Waals surface area contributed by atoms with Crippen LogP contribution in [-0.2, 0) is 9.59 Å². The molecule has 0 aromatic heterocycles. The summed E-state index contributed by atoms with van der Waals surface area (Å²) in [6.07, 6.45) is 4.15. The first-order valence-electron chi connectivity index (χ1n) is 9.15. The van der Waals surface area contributed by atoms with Gasteiger partial charge < -0.3 is 0 Å². The molecule has 1 heterocycles. The minimum Gasteiger partial charge on any atom is -0.274 e. The highest BCUT2D eigenvalue weighted by Gasteiger charge is 2.62. The highest BCUT2D eigenvalue weighted by atomic mass is 19.1. The number of hydrogen-bond acceptors (Lipinski definition) is 2. The molecular formula is C23H18FNO2. The lowest BCUT2D eigenvalue weighted by Crippen LogP contribution is -2.33. The third kappa shape index (κ3) is 2.19. The molecule has 2 fully saturated rings. The second-order valence-corrected chi connectivity index (χ2v) is 7.42. The van der Waals surface area contributed by atoms with Crippen molar-refractivity contribution in [3.63, 3.8) is 0 Å². The summed E-state index contributed by atoms with van der Waals surface area (Å²) >= 11 is 0. The number of allylic oxidation sites excluding steroid dienone is 4. The van der Waals surface area contributed by atoms with Crippen LogP contribution < -0.4 is 4.90 Å². The molecule has 134 valence electrons. The quantitative estimate of drug-likeness (QED) is 0.595. The van der Waals surface area contributed by atoms with Crippen molar-refractivity contribution >= 4 is 23.1 Å². The summed E-state index contributed by atoms with van der Waals surface area (Å²) in [5.41, 5.74) is 3.92. The van der Waals surface area contributed by atoms with Gasteiger partial charge in [-0.05, 0) is 42.3 Å². The number of carbonyl (C=O) groups is 2. The summed E-state index contributed by atoms with van der Waals surface area (Å²) in [5, 5.41) is 0. The lowest BCUT2D eigenvalue weighted by Gasteiger charge is -2.20. The third-order valence-electron chi connectivity index (χ3n) is 6.14. The van der Waals surface area contributed by atoms with Gasteiger partial charge in [-0.3, -0.25) is 9.59 Å². The Bertz CT molecular complexity index is 972. The van der Waals surface area contributed by atoms with Crippen molar-refractivity contribution < 1.29 is 14.0 Å². The average Bonchev–Trinajstić information content (AvgIpc) is 3.33. The zero-order valence-corrected chi connectivity index (χ0v) is 14.8. The van der Waals surface area contributed by atoms with Crippen LogP contribution in [0.2, 0.25) is 0 Å². The first kappa shape index (κ1) is 16.2. The number of nitrogens with zero attached hydrogens (tertiary/aromatic N) is 1. The van der Waals surface area contributed by atoms with E-state index < -0.39 is 0 Å². The molecule has 4 heteroatoms. The number of fused-ring (bicyclic) bond motifs is 5. The largest absolute Gasteiger partial charge is 0.274 e. The highest BCUT2D eigenvalue weighted by molar-refractivity contribution is 6.23. The summed E-state index contributed by atoms with van der Waals surface area (Å²) < 4.78 is 13.2. The van der Waals surface area contributed by atoms with Crippen LogP contribution in [0.5, 0.6) is 0 Å². The van der Waals surface area contributed by atoms with Gasteiger partial charge >= 0.3 is 0 Å². The van der Waals surface area contributed by atoms with Gasteiger partial charge in [0.15, 0.2) is 0 Å². The lowest BCUT2D eigenvalue weighted by atomic mass is 9.85. The van der Waals surface area contributed by atoms with Crippen LogP contribution in [-0.4, -0.2) is 11.8 Å². The number of benzene rings is 2. The molecule has 4 atom stereocenters. The van der Waals surface area contributed by atoms with Crippen LogP contribution in [0.3, 0.4) is 0 Å². The van der Waals surface area contributed by atoms with Crippen molar-refractivity contribution in [1.29, 1.82) is 0 Å². The molecule has 1 saturated carbocycles. The molecule has 2 aromatic carbocycles. The van der Waals surface area contributed by atoms with Crippen molar-refractivity contribution in [3.8, 4) is 0 Å². The molecule has 0 spiro atoms. The van der Waals surface area contributed by atoms with Crippen LogP contribution >= 0.6 is 0 Å². The Labute approximate surface area is 156 Å². The second-order valence-electron chi connectivity index (χ2n) is 7.42. The first-order chi connectivity index (χ1) is 13.1. The van der Waals surface area contributed by atoms with E-state index in [4.69, 9.17) is 0 Å². The molecular weight excluding hydrogens is 341 g/mol. The molecule has 1 saturated heterocycles. The van der Waals surface area contributed by atoms with E-state index in [0.717, 1.165) is 11.1 Å². The number of halogens is 1. The van der Waals surface area contributed by atoms with E-state index in [1.165, 1.54) is 34.7 Å². The van der Waals surface area contributed by atoms with Gasteiger partial charge in [-0.1, -0.05) is 48.1 Å². The third-order valence-corrected chi connectivity index (χ3v) is 6.14. The Balaban J connectivity index is 1.55. The maximum atomic E-state index is 13.2. The number of hydrogen-bond donors (Lipinski definition) is 0. The summed E-state index contributed by atoms with van der Waals surface area (Å²) in [6.45, 7) is 2.07. The zero-order chi connectivity index (χ0) is 18.7. The maximum Gasteiger partial charge on any atom is 0.238 e. The highest BCUT2D eigenvalue weighted by Crippen LogP contribution is 2.58. The number of carbonyl (C=O) groups excluding carboxylic acids is 2. The summed E-state index contributed by atoms with van der Waals surface area (Å²) in [5.74, 6) is -1.52. The average molecular weight is 359 g/mol. The van der Waals surface area contributed by atoms with Gasteiger partial charge in [-0.2, -0.15) is 0 Å². The standard InChI is InChI=1S/C23H18FNO2/c1-13(14-5-3-2-4-6-14)19-17-11-12-18(19)21-20(17)22(26)25(23(21)27)16-9-7-15(24)8-10-16/h2-12,17-18,20-21H,1H3/t17-,18-,20-,21+/m1/s1. The van der Waals surface area contributed by atoms with Gasteiger partial charge in [0.1, 0.15) is 5.82 Å². The minimum atomic E-state index is -0.386. The normalized spacial score (nSPS) is 30.2. The fourth-order valence-corrected chi connectivity index (χ4v) is 4.96.